The molecule has 4 N–H and O–H groups in total. The quantitative estimate of drug-likeness (QED) is 0.426. The maximum atomic E-state index is 11.2. The summed E-state index contributed by atoms with van der Waals surface area (Å²) in [5, 5.41) is 6.84. The van der Waals surface area contributed by atoms with Gasteiger partial charge >= 0.3 is 0 Å². The number of aliphatic imine (C=N–C) groups is 1. The van der Waals surface area contributed by atoms with Gasteiger partial charge in [0.25, 0.3) is 0 Å². The van der Waals surface area contributed by atoms with E-state index in [0.29, 0.717) is 12.1 Å². The molecule has 7 heteroatoms. The maximum Gasteiger partial charge on any atom is 0.248 e. The number of amides is 1. The lowest BCUT2D eigenvalue weighted by Gasteiger charge is -2.29. The Morgan fingerprint density at radius 2 is 1.77 bits per heavy atom. The Morgan fingerprint density at radius 1 is 1.10 bits per heavy atom. The summed E-state index contributed by atoms with van der Waals surface area (Å²) >= 11 is 0. The molecular formula is C24H33N5O2. The zero-order valence-corrected chi connectivity index (χ0v) is 18.4. The lowest BCUT2D eigenvalue weighted by atomic mass is 10.1. The van der Waals surface area contributed by atoms with E-state index in [1.54, 1.807) is 19.2 Å². The van der Waals surface area contributed by atoms with E-state index >= 15 is 0 Å². The van der Waals surface area contributed by atoms with Gasteiger partial charge in [-0.15, -0.1) is 0 Å². The average Bonchev–Trinajstić information content (AvgIpc) is 3.33. The van der Waals surface area contributed by atoms with E-state index in [-0.39, 0.29) is 6.04 Å². The number of primary amides is 1. The number of nitrogens with zero attached hydrogens (tertiary/aromatic N) is 2. The smallest absolute Gasteiger partial charge is 0.248 e. The van der Waals surface area contributed by atoms with E-state index in [0.717, 1.165) is 43.5 Å². The van der Waals surface area contributed by atoms with Crippen molar-refractivity contribution in [2.75, 3.05) is 33.3 Å². The fourth-order valence-corrected chi connectivity index (χ4v) is 3.82. The van der Waals surface area contributed by atoms with Crippen molar-refractivity contribution in [2.45, 2.75) is 32.4 Å². The van der Waals surface area contributed by atoms with Gasteiger partial charge in [-0.25, -0.2) is 4.99 Å². The van der Waals surface area contributed by atoms with Crippen molar-refractivity contribution in [3.8, 4) is 5.75 Å². The molecule has 0 radical (unpaired) electrons. The third-order valence-electron chi connectivity index (χ3n) is 5.55. The number of guanidine groups is 1. The first-order valence-electron chi connectivity index (χ1n) is 10.9. The Hall–Kier alpha value is -3.06. The number of ether oxygens (including phenoxy) is 1. The van der Waals surface area contributed by atoms with Crippen LogP contribution in [-0.4, -0.2) is 50.1 Å². The van der Waals surface area contributed by atoms with Crippen LogP contribution in [0.5, 0.6) is 5.75 Å². The lowest BCUT2D eigenvalue weighted by molar-refractivity contribution is 0.100. The van der Waals surface area contributed by atoms with Crippen LogP contribution in [0.1, 0.15) is 47.3 Å². The Labute approximate surface area is 184 Å². The van der Waals surface area contributed by atoms with Crippen molar-refractivity contribution in [1.29, 1.82) is 0 Å². The Bertz CT molecular complexity index is 859. The van der Waals surface area contributed by atoms with Crippen molar-refractivity contribution in [2.24, 2.45) is 10.7 Å². The summed E-state index contributed by atoms with van der Waals surface area (Å²) in [6.07, 6.45) is 2.48. The first-order chi connectivity index (χ1) is 15.1. The van der Waals surface area contributed by atoms with Crippen molar-refractivity contribution in [3.63, 3.8) is 0 Å². The Kier molecular flexibility index (Phi) is 8.29. The highest BCUT2D eigenvalue weighted by Gasteiger charge is 2.23. The summed E-state index contributed by atoms with van der Waals surface area (Å²) < 4.78 is 5.31. The molecule has 1 unspecified atom stereocenters. The molecule has 1 atom stereocenters. The normalized spacial score (nSPS) is 15.5. The molecule has 0 aliphatic carbocycles. The van der Waals surface area contributed by atoms with Crippen molar-refractivity contribution in [1.82, 2.24) is 15.5 Å². The average molecular weight is 424 g/mol. The maximum absolute atomic E-state index is 11.2. The van der Waals surface area contributed by atoms with Gasteiger partial charge in [-0.05, 0) is 68.2 Å². The number of nitrogens with one attached hydrogen (secondary N) is 2. The first-order valence-corrected chi connectivity index (χ1v) is 10.9. The van der Waals surface area contributed by atoms with Gasteiger partial charge in [0.15, 0.2) is 5.96 Å². The van der Waals surface area contributed by atoms with E-state index in [2.05, 4.69) is 34.6 Å². The molecule has 0 saturated carbocycles. The predicted octanol–water partition coefficient (Wildman–Crippen LogP) is 2.69. The number of hydrogen-bond acceptors (Lipinski definition) is 4. The van der Waals surface area contributed by atoms with Crippen LogP contribution in [0.15, 0.2) is 53.5 Å². The molecule has 1 fully saturated rings. The second-order valence-corrected chi connectivity index (χ2v) is 7.67. The lowest BCUT2D eigenvalue weighted by Crippen LogP contribution is -2.42. The molecule has 1 saturated heterocycles. The number of rotatable bonds is 9. The van der Waals surface area contributed by atoms with Crippen LogP contribution in [-0.2, 0) is 6.54 Å². The summed E-state index contributed by atoms with van der Waals surface area (Å²) in [6.45, 7) is 6.34. The summed E-state index contributed by atoms with van der Waals surface area (Å²) in [7, 11) is 1.69. The molecule has 0 spiro atoms. The van der Waals surface area contributed by atoms with Gasteiger partial charge in [0.05, 0.1) is 19.7 Å². The van der Waals surface area contributed by atoms with Gasteiger partial charge in [-0.2, -0.15) is 0 Å². The molecular weight excluding hydrogens is 390 g/mol. The fraction of sp³-hybridized carbons (Fsp3) is 0.417. The highest BCUT2D eigenvalue weighted by molar-refractivity contribution is 5.92. The van der Waals surface area contributed by atoms with Crippen LogP contribution in [0.2, 0.25) is 0 Å². The molecule has 31 heavy (non-hydrogen) atoms. The Morgan fingerprint density at radius 3 is 2.35 bits per heavy atom. The van der Waals surface area contributed by atoms with Crippen LogP contribution in [0.25, 0.3) is 0 Å². The van der Waals surface area contributed by atoms with E-state index < -0.39 is 5.91 Å². The van der Waals surface area contributed by atoms with Crippen molar-refractivity contribution >= 4 is 11.9 Å². The van der Waals surface area contributed by atoms with Gasteiger partial charge < -0.3 is 21.1 Å². The summed E-state index contributed by atoms with van der Waals surface area (Å²) in [5.41, 5.74) is 8.11. The van der Waals surface area contributed by atoms with Crippen LogP contribution in [0.4, 0.5) is 0 Å². The number of methoxy groups -OCH3 is 1. The molecule has 0 bridgehead atoms. The van der Waals surface area contributed by atoms with Gasteiger partial charge in [-0.1, -0.05) is 24.3 Å². The minimum atomic E-state index is -0.420. The highest BCUT2D eigenvalue weighted by Crippen LogP contribution is 2.26. The van der Waals surface area contributed by atoms with E-state index in [1.165, 1.54) is 18.4 Å². The summed E-state index contributed by atoms with van der Waals surface area (Å²) in [4.78, 5) is 18.5. The molecule has 0 aromatic heterocycles. The second-order valence-electron chi connectivity index (χ2n) is 7.67. The zero-order valence-electron chi connectivity index (χ0n) is 18.4. The number of carbonyl (C=O) groups is 1. The van der Waals surface area contributed by atoms with Gasteiger partial charge in [-0.3, -0.25) is 9.69 Å². The van der Waals surface area contributed by atoms with E-state index in [4.69, 9.17) is 15.5 Å². The van der Waals surface area contributed by atoms with Crippen LogP contribution in [0, 0.1) is 0 Å². The van der Waals surface area contributed by atoms with Crippen molar-refractivity contribution in [3.05, 3.63) is 65.2 Å². The third-order valence-corrected chi connectivity index (χ3v) is 5.55. The zero-order chi connectivity index (χ0) is 22.1. The van der Waals surface area contributed by atoms with Gasteiger partial charge in [0.2, 0.25) is 5.91 Å². The van der Waals surface area contributed by atoms with E-state index in [9.17, 15) is 4.79 Å². The number of hydrogen-bond donors (Lipinski definition) is 3. The largest absolute Gasteiger partial charge is 0.497 e. The standard InChI is InChI=1S/C24H33N5O2/c1-3-26-24(27-16-18-6-8-20(9-7-18)23(25)30)28-17-22(29-14-4-5-15-29)19-10-12-21(31-2)13-11-19/h6-13,22H,3-5,14-17H2,1-2H3,(H2,25,30)(H2,26,27,28). The molecule has 3 rings (SSSR count). The number of carbonyl (C=O) groups excluding carboxylic acids is 1. The Balaban J connectivity index is 1.68. The third kappa shape index (κ3) is 6.46. The summed E-state index contributed by atoms with van der Waals surface area (Å²) in [6, 6.07) is 15.9. The molecule has 166 valence electrons. The first kappa shape index (κ1) is 22.6. The molecule has 2 aromatic rings. The summed E-state index contributed by atoms with van der Waals surface area (Å²) in [5.74, 6) is 1.23. The monoisotopic (exact) mass is 423 g/mol. The number of likely N-dealkylation sites (tertiary alicyclic amines) is 1. The SMILES string of the molecule is CCNC(=NCc1ccc(C(N)=O)cc1)NCC(c1ccc(OC)cc1)N1CCCC1. The van der Waals surface area contributed by atoms with E-state index in [1.807, 2.05) is 24.3 Å². The molecule has 1 amide bonds. The molecule has 1 aliphatic heterocycles. The number of benzene rings is 2. The second kappa shape index (κ2) is 11.4. The fourth-order valence-electron chi connectivity index (χ4n) is 3.82. The minimum absolute atomic E-state index is 0.270. The number of nitrogens with two attached hydrogens (primary N) is 1. The molecule has 1 heterocycles. The van der Waals surface area contributed by atoms with Gasteiger partial charge in [0.1, 0.15) is 5.75 Å². The molecule has 7 nitrogen and oxygen atoms in total. The van der Waals surface area contributed by atoms with Crippen LogP contribution < -0.4 is 21.1 Å². The van der Waals surface area contributed by atoms with Crippen LogP contribution >= 0.6 is 0 Å². The van der Waals surface area contributed by atoms with Gasteiger partial charge in [0, 0.05) is 18.7 Å². The predicted molar refractivity (Wildman–Crippen MR) is 124 cm³/mol. The van der Waals surface area contributed by atoms with Crippen molar-refractivity contribution < 1.29 is 9.53 Å². The van der Waals surface area contributed by atoms with Crippen LogP contribution in [0.3, 0.4) is 0 Å². The minimum Gasteiger partial charge on any atom is -0.497 e. The molecule has 2 aromatic carbocycles. The molecule has 1 aliphatic rings. The topological polar surface area (TPSA) is 92.0 Å². The highest BCUT2D eigenvalue weighted by atomic mass is 16.5.